The van der Waals surface area contributed by atoms with Gasteiger partial charge >= 0.3 is 5.97 Å². The Bertz CT molecular complexity index is 1330. The van der Waals surface area contributed by atoms with E-state index < -0.39 is 17.2 Å². The van der Waals surface area contributed by atoms with Gasteiger partial charge in [0.2, 0.25) is 0 Å². The highest BCUT2D eigenvalue weighted by Crippen LogP contribution is 2.83. The number of carboxylic acids is 1. The zero-order valence-electron chi connectivity index (χ0n) is 29.0. The fraction of sp³-hybridized carbons (Fsp3) is 0.825. The Kier molecular flexibility index (Phi) is 7.17. The van der Waals surface area contributed by atoms with Crippen molar-refractivity contribution in [1.82, 2.24) is 0 Å². The quantitative estimate of drug-likeness (QED) is 0.297. The van der Waals surface area contributed by atoms with Crippen molar-refractivity contribution in [3.05, 3.63) is 35.9 Å². The van der Waals surface area contributed by atoms with Crippen LogP contribution in [0, 0.1) is 55.7 Å². The van der Waals surface area contributed by atoms with Crippen molar-refractivity contribution in [2.75, 3.05) is 6.61 Å². The lowest BCUT2D eigenvalue weighted by atomic mass is 9.26. The van der Waals surface area contributed by atoms with Crippen LogP contribution in [0.4, 0.5) is 0 Å². The minimum atomic E-state index is -1.12. The molecule has 7 rings (SSSR count). The molecule has 1 aromatic carbocycles. The molecule has 2 bridgehead atoms. The number of hydrogen-bond acceptors (Lipinski definition) is 4. The Hall–Kier alpha value is -1.43. The summed E-state index contributed by atoms with van der Waals surface area (Å²) in [5.41, 5.74) is 0.184. The molecule has 1 heterocycles. The first-order valence-corrected chi connectivity index (χ1v) is 18.4. The van der Waals surface area contributed by atoms with Crippen LogP contribution in [0.3, 0.4) is 0 Å². The van der Waals surface area contributed by atoms with E-state index in [1.807, 2.05) is 6.92 Å². The molecule has 6 aliphatic rings. The van der Waals surface area contributed by atoms with E-state index in [2.05, 4.69) is 65.0 Å². The maximum atomic E-state index is 12.6. The van der Waals surface area contributed by atoms with Crippen molar-refractivity contribution in [1.29, 1.82) is 0 Å². The van der Waals surface area contributed by atoms with E-state index in [1.165, 1.54) is 18.4 Å². The molecule has 1 aromatic rings. The lowest BCUT2D eigenvalue weighted by Crippen LogP contribution is -2.74. The SMILES string of the molecule is CCCC1C2(O)CCC3(CO)C4(C)CCC5(C)C6CC(C)(C(=O)O)CCC6(C)CCC5(C)C4CCC13C(Cc1ccccc1)O2. The molecule has 45 heavy (non-hydrogen) atoms. The number of carbonyl (C=O) groups is 1. The highest BCUT2D eigenvalue weighted by molar-refractivity contribution is 5.74. The Balaban J connectivity index is 1.34. The summed E-state index contributed by atoms with van der Waals surface area (Å²) in [6.45, 7) is 14.5. The number of aliphatic hydroxyl groups excluding tert-OH is 1. The molecule has 3 N–H and O–H groups in total. The third-order valence-electron chi connectivity index (χ3n) is 17.2. The third kappa shape index (κ3) is 3.81. The van der Waals surface area contributed by atoms with Crippen molar-refractivity contribution >= 4 is 5.97 Å². The predicted octanol–water partition coefficient (Wildman–Crippen LogP) is 8.41. The molecule has 5 nitrogen and oxygen atoms in total. The number of ether oxygens (including phenoxy) is 1. The van der Waals surface area contributed by atoms with Crippen LogP contribution in [0.15, 0.2) is 30.3 Å². The average Bonchev–Trinajstić information content (AvgIpc) is 3.15. The van der Waals surface area contributed by atoms with Crippen molar-refractivity contribution < 1.29 is 24.9 Å². The molecule has 5 heteroatoms. The number of benzene rings is 1. The smallest absolute Gasteiger partial charge is 0.309 e. The predicted molar refractivity (Wildman–Crippen MR) is 176 cm³/mol. The maximum absolute atomic E-state index is 12.6. The summed E-state index contributed by atoms with van der Waals surface area (Å²) in [5.74, 6) is -0.903. The Morgan fingerprint density at radius 3 is 2.16 bits per heavy atom. The summed E-state index contributed by atoms with van der Waals surface area (Å²) >= 11 is 0. The van der Waals surface area contributed by atoms with Crippen LogP contribution in [0.5, 0.6) is 0 Å². The fourth-order valence-electron chi connectivity index (χ4n) is 14.5. The number of carboxylic acid groups (broad SMARTS) is 1. The van der Waals surface area contributed by atoms with E-state index in [4.69, 9.17) is 4.74 Å². The largest absolute Gasteiger partial charge is 0.481 e. The van der Waals surface area contributed by atoms with Gasteiger partial charge in [-0.3, -0.25) is 4.79 Å². The van der Waals surface area contributed by atoms with Crippen LogP contribution in [0.2, 0.25) is 0 Å². The maximum Gasteiger partial charge on any atom is 0.309 e. The van der Waals surface area contributed by atoms with Gasteiger partial charge in [0.1, 0.15) is 0 Å². The average molecular weight is 621 g/mol. The molecule has 5 aliphatic carbocycles. The fourth-order valence-corrected chi connectivity index (χ4v) is 14.5. The van der Waals surface area contributed by atoms with Crippen molar-refractivity contribution in [2.45, 2.75) is 143 Å². The van der Waals surface area contributed by atoms with Gasteiger partial charge in [0, 0.05) is 29.8 Å². The summed E-state index contributed by atoms with van der Waals surface area (Å²) < 4.78 is 6.92. The van der Waals surface area contributed by atoms with Gasteiger partial charge in [0.25, 0.3) is 0 Å². The molecule has 250 valence electrons. The standard InChI is InChI=1S/C40H60O5/c1-7-11-29-39-15-14-28-35(4)19-18-33(2)16-17-34(3,32(42)43)25-30(33)36(35,5)20-21-37(28,6)38(39,26-41)22-23-40(29,44)45-31(39)24-27-12-9-8-10-13-27/h8-10,12-13,28-31,41,44H,7,11,14-26H2,1-6H3,(H,42,43). The van der Waals surface area contributed by atoms with Crippen LogP contribution in [-0.2, 0) is 16.0 Å². The molecular formula is C40H60O5. The van der Waals surface area contributed by atoms with Crippen LogP contribution in [0.25, 0.3) is 0 Å². The first kappa shape index (κ1) is 32.1. The second kappa shape index (κ2) is 10.0. The molecule has 0 aromatic heterocycles. The summed E-state index contributed by atoms with van der Waals surface area (Å²) in [7, 11) is 0. The van der Waals surface area contributed by atoms with E-state index in [9.17, 15) is 20.1 Å². The zero-order valence-corrected chi connectivity index (χ0v) is 29.0. The lowest BCUT2D eigenvalue weighted by Gasteiger charge is -2.77. The van der Waals surface area contributed by atoms with Gasteiger partial charge in [-0.1, -0.05) is 71.4 Å². The summed E-state index contributed by atoms with van der Waals surface area (Å²) in [4.78, 5) is 12.6. The number of aliphatic hydroxyl groups is 2. The first-order valence-electron chi connectivity index (χ1n) is 18.4. The zero-order chi connectivity index (χ0) is 32.3. The van der Waals surface area contributed by atoms with Crippen LogP contribution < -0.4 is 0 Å². The van der Waals surface area contributed by atoms with E-state index in [1.54, 1.807) is 0 Å². The summed E-state index contributed by atoms with van der Waals surface area (Å²) in [6.07, 6.45) is 13.1. The van der Waals surface area contributed by atoms with Gasteiger partial charge in [0.05, 0.1) is 11.5 Å². The van der Waals surface area contributed by atoms with Gasteiger partial charge in [-0.25, -0.2) is 0 Å². The number of hydrogen-bond donors (Lipinski definition) is 3. The molecular weight excluding hydrogens is 560 g/mol. The monoisotopic (exact) mass is 620 g/mol. The van der Waals surface area contributed by atoms with Crippen LogP contribution >= 0.6 is 0 Å². The van der Waals surface area contributed by atoms with Gasteiger partial charge in [0.15, 0.2) is 5.79 Å². The second-order valence-electron chi connectivity index (χ2n) is 18.4. The minimum Gasteiger partial charge on any atom is -0.481 e. The van der Waals surface area contributed by atoms with Gasteiger partial charge in [-0.15, -0.1) is 0 Å². The normalized spacial score (nSPS) is 53.5. The molecule has 12 atom stereocenters. The van der Waals surface area contributed by atoms with E-state index in [0.717, 1.165) is 70.6 Å². The number of rotatable bonds is 6. The molecule has 5 saturated carbocycles. The molecule has 1 spiro atoms. The number of fused-ring (bicyclic) bond motifs is 7. The van der Waals surface area contributed by atoms with Crippen molar-refractivity contribution in [3.63, 3.8) is 0 Å². The number of aliphatic carboxylic acids is 1. The van der Waals surface area contributed by atoms with Crippen LogP contribution in [0.1, 0.15) is 131 Å². The molecule has 0 radical (unpaired) electrons. The molecule has 0 amide bonds. The first-order chi connectivity index (χ1) is 21.1. The highest BCUT2D eigenvalue weighted by atomic mass is 16.6. The van der Waals surface area contributed by atoms with Crippen LogP contribution in [-0.4, -0.2) is 39.8 Å². The van der Waals surface area contributed by atoms with Gasteiger partial charge in [-0.2, -0.15) is 0 Å². The van der Waals surface area contributed by atoms with E-state index >= 15 is 0 Å². The Labute approximate surface area is 271 Å². The lowest BCUT2D eigenvalue weighted by molar-refractivity contribution is -0.309. The molecule has 1 aliphatic heterocycles. The van der Waals surface area contributed by atoms with E-state index in [0.29, 0.717) is 18.3 Å². The summed E-state index contributed by atoms with van der Waals surface area (Å²) in [6, 6.07) is 10.6. The second-order valence-corrected chi connectivity index (χ2v) is 18.4. The van der Waals surface area contributed by atoms with Crippen molar-refractivity contribution in [2.24, 2.45) is 55.7 Å². The van der Waals surface area contributed by atoms with Crippen molar-refractivity contribution in [3.8, 4) is 0 Å². The summed E-state index contributed by atoms with van der Waals surface area (Å²) in [5, 5.41) is 34.6. The minimum absolute atomic E-state index is 0.0211. The molecule has 1 saturated heterocycles. The Morgan fingerprint density at radius 1 is 0.844 bits per heavy atom. The highest BCUT2D eigenvalue weighted by Gasteiger charge is 2.81. The van der Waals surface area contributed by atoms with Gasteiger partial charge in [-0.05, 0) is 123 Å². The topological polar surface area (TPSA) is 87.0 Å². The van der Waals surface area contributed by atoms with Gasteiger partial charge < -0.3 is 20.1 Å². The Morgan fingerprint density at radius 2 is 1.49 bits per heavy atom. The molecule has 6 fully saturated rings. The third-order valence-corrected chi connectivity index (χ3v) is 17.2. The molecule has 12 unspecified atom stereocenters. The van der Waals surface area contributed by atoms with E-state index in [-0.39, 0.29) is 51.1 Å².